The Kier molecular flexibility index (Phi) is 1.48. The summed E-state index contributed by atoms with van der Waals surface area (Å²) < 4.78 is 0. The topological polar surface area (TPSA) is 63.8 Å². The third-order valence-corrected chi connectivity index (χ3v) is 1.49. The van der Waals surface area contributed by atoms with Gasteiger partial charge in [0.25, 0.3) is 0 Å². The summed E-state index contributed by atoms with van der Waals surface area (Å²) in [6.45, 7) is 0. The fourth-order valence-corrected chi connectivity index (χ4v) is 0.943. The van der Waals surface area contributed by atoms with Gasteiger partial charge in [-0.15, -0.1) is 5.10 Å². The monoisotopic (exact) mass is 162 g/mol. The van der Waals surface area contributed by atoms with E-state index in [2.05, 4.69) is 15.5 Å². The summed E-state index contributed by atoms with van der Waals surface area (Å²) in [4.78, 5) is 0.648. The predicted octanol–water partition coefficient (Wildman–Crippen LogP) is 0.577. The molecule has 0 aliphatic heterocycles. The van der Waals surface area contributed by atoms with E-state index in [1.165, 1.54) is 0 Å². The quantitative estimate of drug-likeness (QED) is 0.623. The molecule has 0 saturated carbocycles. The maximum Gasteiger partial charge on any atom is 0.222 e. The highest BCUT2D eigenvalue weighted by atomic mass is 16.5. The smallest absolute Gasteiger partial charge is 0.222 e. The van der Waals surface area contributed by atoms with E-state index in [0.29, 0.717) is 10.7 Å². The molecule has 0 aliphatic rings. The molecule has 1 aromatic heterocycles. The lowest BCUT2D eigenvalue weighted by molar-refractivity contribution is 0.147. The zero-order valence-electron chi connectivity index (χ0n) is 6.12. The maximum atomic E-state index is 9.08. The molecule has 0 atom stereocenters. The predicted molar refractivity (Wildman–Crippen MR) is 40.4 cm³/mol. The summed E-state index contributed by atoms with van der Waals surface area (Å²) in [6.07, 6.45) is 0. The summed E-state index contributed by atoms with van der Waals surface area (Å²) in [7, 11) is 0. The molecule has 5 nitrogen and oxygen atoms in total. The second kappa shape index (κ2) is 2.61. The molecular formula is C7H6N4O. The Morgan fingerprint density at radius 1 is 1.17 bits per heavy atom. The first-order valence-corrected chi connectivity index (χ1v) is 3.41. The van der Waals surface area contributed by atoms with Gasteiger partial charge in [-0.3, -0.25) is 0 Å². The molecule has 1 aromatic carbocycles. The third-order valence-electron chi connectivity index (χ3n) is 1.49. The largest absolute Gasteiger partial charge is 0.409 e. The Labute approximate surface area is 68.2 Å². The van der Waals surface area contributed by atoms with E-state index in [1.54, 1.807) is 0 Å². The Hall–Kier alpha value is -1.91. The zero-order valence-corrected chi connectivity index (χ0v) is 6.12. The normalized spacial score (nSPS) is 10.0. The molecule has 0 radical (unpaired) electrons. The molecule has 0 amide bonds. The maximum absolute atomic E-state index is 9.08. The van der Waals surface area contributed by atoms with E-state index in [-0.39, 0.29) is 0 Å². The first kappa shape index (κ1) is 6.78. The van der Waals surface area contributed by atoms with Crippen LogP contribution in [0.4, 0.5) is 0 Å². The van der Waals surface area contributed by atoms with Crippen LogP contribution in [0.2, 0.25) is 0 Å². The highest BCUT2D eigenvalue weighted by Crippen LogP contribution is 2.12. The SMILES string of the molecule is On1nnnc1-c1ccccc1. The number of hydrogen-bond donors (Lipinski definition) is 1. The van der Waals surface area contributed by atoms with Gasteiger partial charge in [0.2, 0.25) is 5.82 Å². The molecule has 12 heavy (non-hydrogen) atoms. The first-order chi connectivity index (χ1) is 5.88. The van der Waals surface area contributed by atoms with Crippen LogP contribution in [0, 0.1) is 0 Å². The van der Waals surface area contributed by atoms with Crippen molar-refractivity contribution in [1.29, 1.82) is 0 Å². The molecule has 60 valence electrons. The Morgan fingerprint density at radius 2 is 1.92 bits per heavy atom. The standard InChI is InChI=1S/C7H6N4O/c12-11-7(8-9-10-11)6-4-2-1-3-5-6/h1-5,12H. The molecule has 0 bridgehead atoms. The van der Waals surface area contributed by atoms with Crippen molar-refractivity contribution in [2.24, 2.45) is 0 Å². The minimum atomic E-state index is 0.343. The van der Waals surface area contributed by atoms with E-state index >= 15 is 0 Å². The zero-order chi connectivity index (χ0) is 8.39. The number of aromatic nitrogens is 4. The lowest BCUT2D eigenvalue weighted by Gasteiger charge is -1.94. The van der Waals surface area contributed by atoms with Crippen molar-refractivity contribution in [3.63, 3.8) is 0 Å². The lowest BCUT2D eigenvalue weighted by Crippen LogP contribution is -1.95. The van der Waals surface area contributed by atoms with Crippen LogP contribution < -0.4 is 0 Å². The van der Waals surface area contributed by atoms with Crippen LogP contribution in [0.25, 0.3) is 11.4 Å². The Balaban J connectivity index is 2.51. The molecule has 0 unspecified atom stereocenters. The fraction of sp³-hybridized carbons (Fsp3) is 0. The highest BCUT2D eigenvalue weighted by Gasteiger charge is 2.05. The minimum Gasteiger partial charge on any atom is -0.409 e. The van der Waals surface area contributed by atoms with E-state index in [9.17, 15) is 0 Å². The molecule has 2 rings (SSSR count). The number of rotatable bonds is 1. The summed E-state index contributed by atoms with van der Waals surface area (Å²) >= 11 is 0. The van der Waals surface area contributed by atoms with Crippen molar-refractivity contribution >= 4 is 0 Å². The van der Waals surface area contributed by atoms with Crippen LogP contribution in [-0.2, 0) is 0 Å². The first-order valence-electron chi connectivity index (χ1n) is 3.41. The molecular weight excluding hydrogens is 156 g/mol. The average molecular weight is 162 g/mol. The molecule has 2 aromatic rings. The molecule has 5 heteroatoms. The molecule has 1 N–H and O–H groups in total. The van der Waals surface area contributed by atoms with E-state index < -0.39 is 0 Å². The van der Waals surface area contributed by atoms with Crippen LogP contribution in [0.3, 0.4) is 0 Å². The fourth-order valence-electron chi connectivity index (χ4n) is 0.943. The van der Waals surface area contributed by atoms with Crippen LogP contribution in [0.5, 0.6) is 0 Å². The van der Waals surface area contributed by atoms with Gasteiger partial charge in [0.05, 0.1) is 0 Å². The number of nitrogens with zero attached hydrogens (tertiary/aromatic N) is 4. The van der Waals surface area contributed by atoms with Crippen LogP contribution >= 0.6 is 0 Å². The van der Waals surface area contributed by atoms with Gasteiger partial charge in [0.15, 0.2) is 0 Å². The minimum absolute atomic E-state index is 0.343. The van der Waals surface area contributed by atoms with Crippen molar-refractivity contribution < 1.29 is 5.21 Å². The molecule has 0 spiro atoms. The molecule has 0 aliphatic carbocycles. The van der Waals surface area contributed by atoms with Gasteiger partial charge in [-0.25, -0.2) is 0 Å². The van der Waals surface area contributed by atoms with Gasteiger partial charge >= 0.3 is 0 Å². The van der Waals surface area contributed by atoms with Gasteiger partial charge < -0.3 is 5.21 Å². The van der Waals surface area contributed by atoms with E-state index in [4.69, 9.17) is 5.21 Å². The van der Waals surface area contributed by atoms with E-state index in [0.717, 1.165) is 5.56 Å². The summed E-state index contributed by atoms with van der Waals surface area (Å²) in [5, 5.41) is 19.3. The van der Waals surface area contributed by atoms with Gasteiger partial charge in [-0.1, -0.05) is 35.2 Å². The van der Waals surface area contributed by atoms with Crippen molar-refractivity contribution in [3.05, 3.63) is 30.3 Å². The van der Waals surface area contributed by atoms with Crippen molar-refractivity contribution in [3.8, 4) is 11.4 Å². The number of benzene rings is 1. The van der Waals surface area contributed by atoms with E-state index in [1.807, 2.05) is 30.3 Å². The Bertz CT molecular complexity index is 370. The average Bonchev–Trinajstić information content (AvgIpc) is 2.53. The number of tetrazole rings is 1. The second-order valence-electron chi connectivity index (χ2n) is 2.26. The lowest BCUT2D eigenvalue weighted by atomic mass is 10.2. The highest BCUT2D eigenvalue weighted by molar-refractivity contribution is 5.53. The van der Waals surface area contributed by atoms with Gasteiger partial charge in [0.1, 0.15) is 0 Å². The Morgan fingerprint density at radius 3 is 2.50 bits per heavy atom. The number of hydrogen-bond acceptors (Lipinski definition) is 4. The van der Waals surface area contributed by atoms with Crippen molar-refractivity contribution in [2.75, 3.05) is 0 Å². The molecule has 1 heterocycles. The van der Waals surface area contributed by atoms with Gasteiger partial charge in [0, 0.05) is 5.56 Å². The summed E-state index contributed by atoms with van der Waals surface area (Å²) in [5.74, 6) is 0.343. The van der Waals surface area contributed by atoms with Crippen LogP contribution in [0.1, 0.15) is 0 Å². The molecule has 0 saturated heterocycles. The van der Waals surface area contributed by atoms with Crippen LogP contribution in [0.15, 0.2) is 30.3 Å². The summed E-state index contributed by atoms with van der Waals surface area (Å²) in [6, 6.07) is 9.22. The van der Waals surface area contributed by atoms with Crippen molar-refractivity contribution in [2.45, 2.75) is 0 Å². The van der Waals surface area contributed by atoms with Crippen LogP contribution in [-0.4, -0.2) is 25.6 Å². The summed E-state index contributed by atoms with van der Waals surface area (Å²) in [5.41, 5.74) is 0.782. The van der Waals surface area contributed by atoms with Crippen molar-refractivity contribution in [1.82, 2.24) is 20.4 Å². The third kappa shape index (κ3) is 1.01. The second-order valence-corrected chi connectivity index (χ2v) is 2.26. The van der Waals surface area contributed by atoms with Gasteiger partial charge in [-0.05, 0) is 10.4 Å². The molecule has 0 fully saturated rings. The van der Waals surface area contributed by atoms with Gasteiger partial charge in [-0.2, -0.15) is 0 Å².